The van der Waals surface area contributed by atoms with Gasteiger partial charge in [-0.3, -0.25) is 4.79 Å². The molecule has 2 fully saturated rings. The molecule has 0 bridgehead atoms. The summed E-state index contributed by atoms with van der Waals surface area (Å²) in [6.07, 6.45) is 7.64. The monoisotopic (exact) mass is 351 g/mol. The van der Waals surface area contributed by atoms with Gasteiger partial charge in [-0.05, 0) is 43.6 Å². The summed E-state index contributed by atoms with van der Waals surface area (Å²) < 4.78 is 0. The van der Waals surface area contributed by atoms with Gasteiger partial charge in [0.2, 0.25) is 0 Å². The van der Waals surface area contributed by atoms with Crippen molar-refractivity contribution in [3.8, 4) is 0 Å². The van der Waals surface area contributed by atoms with E-state index in [-0.39, 0.29) is 17.9 Å². The first-order valence-electron chi connectivity index (χ1n) is 9.54. The topological polar surface area (TPSA) is 66.3 Å². The van der Waals surface area contributed by atoms with Gasteiger partial charge in [-0.15, -0.1) is 0 Å². The molecule has 1 amide bonds. The normalized spacial score (nSPS) is 19.3. The summed E-state index contributed by atoms with van der Waals surface area (Å²) >= 11 is 0. The third-order valence-electron chi connectivity index (χ3n) is 5.52. The number of aromatic nitrogens is 2. The second-order valence-corrected chi connectivity index (χ2v) is 7.49. The van der Waals surface area contributed by atoms with Crippen LogP contribution in [0.5, 0.6) is 0 Å². The van der Waals surface area contributed by atoms with Crippen molar-refractivity contribution in [2.24, 2.45) is 5.92 Å². The lowest BCUT2D eigenvalue weighted by Crippen LogP contribution is -2.41. The van der Waals surface area contributed by atoms with Crippen molar-refractivity contribution >= 4 is 5.91 Å². The van der Waals surface area contributed by atoms with Crippen LogP contribution in [-0.4, -0.2) is 45.1 Å². The smallest absolute Gasteiger partial charge is 0.256 e. The van der Waals surface area contributed by atoms with Gasteiger partial charge >= 0.3 is 0 Å². The Morgan fingerprint density at radius 3 is 2.35 bits per heavy atom. The van der Waals surface area contributed by atoms with E-state index in [4.69, 9.17) is 0 Å². The molecule has 2 heterocycles. The Balaban J connectivity index is 1.30. The molecule has 1 saturated heterocycles. The van der Waals surface area contributed by atoms with E-state index in [9.17, 15) is 9.90 Å². The molecule has 5 heteroatoms. The number of piperidine rings is 1. The second-order valence-electron chi connectivity index (χ2n) is 7.49. The van der Waals surface area contributed by atoms with Crippen LogP contribution in [0.2, 0.25) is 0 Å². The molecule has 1 aliphatic carbocycles. The molecule has 1 saturated carbocycles. The van der Waals surface area contributed by atoms with Crippen molar-refractivity contribution in [2.45, 2.75) is 44.1 Å². The summed E-state index contributed by atoms with van der Waals surface area (Å²) in [5.41, 5.74) is 1.73. The summed E-state index contributed by atoms with van der Waals surface area (Å²) in [5, 5.41) is 10.5. The maximum absolute atomic E-state index is 12.6. The molecule has 1 atom stereocenters. The zero-order valence-electron chi connectivity index (χ0n) is 14.9. The number of carbonyl (C=O) groups is 1. The highest BCUT2D eigenvalue weighted by Crippen LogP contribution is 2.37. The molecule has 0 spiro atoms. The lowest BCUT2D eigenvalue weighted by Gasteiger charge is -2.34. The number of rotatable bonds is 5. The van der Waals surface area contributed by atoms with Gasteiger partial charge in [0.15, 0.2) is 0 Å². The van der Waals surface area contributed by atoms with E-state index in [2.05, 4.69) is 9.97 Å². The van der Waals surface area contributed by atoms with Crippen molar-refractivity contribution < 1.29 is 9.90 Å². The maximum atomic E-state index is 12.6. The van der Waals surface area contributed by atoms with E-state index in [0.717, 1.165) is 37.1 Å². The molecule has 1 aliphatic heterocycles. The van der Waals surface area contributed by atoms with Gasteiger partial charge in [-0.25, -0.2) is 9.97 Å². The van der Waals surface area contributed by atoms with Crippen molar-refractivity contribution in [1.82, 2.24) is 14.9 Å². The third kappa shape index (κ3) is 3.93. The van der Waals surface area contributed by atoms with Gasteiger partial charge in [-0.1, -0.05) is 30.3 Å². The Hall–Kier alpha value is -2.27. The SMILES string of the molecule is O=C(c1cnc(C2CC2)nc1)N1CCC([C@@H](O)Cc2ccccc2)CC1. The number of benzene rings is 1. The zero-order valence-corrected chi connectivity index (χ0v) is 14.9. The summed E-state index contributed by atoms with van der Waals surface area (Å²) in [6, 6.07) is 10.1. The van der Waals surface area contributed by atoms with Gasteiger partial charge in [0, 0.05) is 31.4 Å². The Kier molecular flexibility index (Phi) is 4.98. The molecular weight excluding hydrogens is 326 g/mol. The first-order chi connectivity index (χ1) is 12.7. The number of amides is 1. The molecule has 4 rings (SSSR count). The van der Waals surface area contributed by atoms with E-state index in [1.807, 2.05) is 35.2 Å². The van der Waals surface area contributed by atoms with Crippen molar-refractivity contribution in [3.05, 3.63) is 59.7 Å². The van der Waals surface area contributed by atoms with Gasteiger partial charge in [-0.2, -0.15) is 0 Å². The van der Waals surface area contributed by atoms with E-state index >= 15 is 0 Å². The molecule has 136 valence electrons. The lowest BCUT2D eigenvalue weighted by molar-refractivity contribution is 0.0467. The van der Waals surface area contributed by atoms with Crippen LogP contribution in [-0.2, 0) is 6.42 Å². The average molecular weight is 351 g/mol. The van der Waals surface area contributed by atoms with Crippen LogP contribution in [0.15, 0.2) is 42.7 Å². The number of aliphatic hydroxyl groups is 1. The standard InChI is InChI=1S/C21H25N3O2/c25-19(12-15-4-2-1-3-5-15)16-8-10-24(11-9-16)21(26)18-13-22-20(23-14-18)17-6-7-17/h1-5,13-14,16-17,19,25H,6-12H2/t19-/m0/s1. The molecule has 1 N–H and O–H groups in total. The highest BCUT2D eigenvalue weighted by Gasteiger charge is 2.29. The minimum Gasteiger partial charge on any atom is -0.392 e. The fraction of sp³-hybridized carbons (Fsp3) is 0.476. The van der Waals surface area contributed by atoms with E-state index in [1.54, 1.807) is 12.4 Å². The summed E-state index contributed by atoms with van der Waals surface area (Å²) in [4.78, 5) is 23.2. The van der Waals surface area contributed by atoms with E-state index < -0.39 is 0 Å². The number of hydrogen-bond acceptors (Lipinski definition) is 4. The molecular formula is C21H25N3O2. The Morgan fingerprint density at radius 2 is 1.73 bits per heavy atom. The van der Waals surface area contributed by atoms with Crippen LogP contribution in [0, 0.1) is 5.92 Å². The predicted molar refractivity (Wildman–Crippen MR) is 98.8 cm³/mol. The quantitative estimate of drug-likeness (QED) is 0.899. The summed E-state index contributed by atoms with van der Waals surface area (Å²) in [5.74, 6) is 1.61. The molecule has 0 unspecified atom stereocenters. The van der Waals surface area contributed by atoms with Crippen LogP contribution in [0.25, 0.3) is 0 Å². The van der Waals surface area contributed by atoms with Crippen molar-refractivity contribution in [2.75, 3.05) is 13.1 Å². The fourth-order valence-electron chi connectivity index (χ4n) is 3.69. The fourth-order valence-corrected chi connectivity index (χ4v) is 3.69. The predicted octanol–water partition coefficient (Wildman–Crippen LogP) is 2.81. The Labute approximate surface area is 154 Å². The first kappa shape index (κ1) is 17.2. The second kappa shape index (κ2) is 7.54. The van der Waals surface area contributed by atoms with Crippen molar-refractivity contribution in [1.29, 1.82) is 0 Å². The van der Waals surface area contributed by atoms with Crippen LogP contribution < -0.4 is 0 Å². The summed E-state index contributed by atoms with van der Waals surface area (Å²) in [6.45, 7) is 1.36. The lowest BCUT2D eigenvalue weighted by atomic mass is 9.88. The highest BCUT2D eigenvalue weighted by molar-refractivity contribution is 5.93. The van der Waals surface area contributed by atoms with Gasteiger partial charge < -0.3 is 10.0 Å². The Bertz CT molecular complexity index is 736. The van der Waals surface area contributed by atoms with Gasteiger partial charge in [0.1, 0.15) is 5.82 Å². The van der Waals surface area contributed by atoms with Gasteiger partial charge in [0.25, 0.3) is 5.91 Å². The van der Waals surface area contributed by atoms with Crippen molar-refractivity contribution in [3.63, 3.8) is 0 Å². The van der Waals surface area contributed by atoms with Crippen LogP contribution in [0.1, 0.15) is 53.3 Å². The minimum atomic E-state index is -0.351. The maximum Gasteiger partial charge on any atom is 0.256 e. The molecule has 26 heavy (non-hydrogen) atoms. The largest absolute Gasteiger partial charge is 0.392 e. The highest BCUT2D eigenvalue weighted by atomic mass is 16.3. The average Bonchev–Trinajstić information content (AvgIpc) is 3.54. The Morgan fingerprint density at radius 1 is 1.08 bits per heavy atom. The summed E-state index contributed by atoms with van der Waals surface area (Å²) in [7, 11) is 0. The molecule has 0 radical (unpaired) electrons. The number of aliphatic hydroxyl groups excluding tert-OH is 1. The number of likely N-dealkylation sites (tertiary alicyclic amines) is 1. The van der Waals surface area contributed by atoms with Crippen LogP contribution >= 0.6 is 0 Å². The molecule has 1 aromatic heterocycles. The third-order valence-corrected chi connectivity index (χ3v) is 5.52. The van der Waals surface area contributed by atoms with Crippen LogP contribution in [0.4, 0.5) is 0 Å². The number of carbonyl (C=O) groups excluding carboxylic acids is 1. The number of hydrogen-bond donors (Lipinski definition) is 1. The molecule has 2 aromatic rings. The van der Waals surface area contributed by atoms with Crippen LogP contribution in [0.3, 0.4) is 0 Å². The van der Waals surface area contributed by atoms with E-state index in [0.29, 0.717) is 31.0 Å². The molecule has 2 aliphatic rings. The first-order valence-corrected chi connectivity index (χ1v) is 9.54. The minimum absolute atomic E-state index is 0.00310. The molecule has 5 nitrogen and oxygen atoms in total. The number of nitrogens with zero attached hydrogens (tertiary/aromatic N) is 3. The molecule has 1 aromatic carbocycles. The van der Waals surface area contributed by atoms with Gasteiger partial charge in [0.05, 0.1) is 11.7 Å². The van der Waals surface area contributed by atoms with E-state index in [1.165, 1.54) is 0 Å². The zero-order chi connectivity index (χ0) is 17.9.